The van der Waals surface area contributed by atoms with Crippen LogP contribution in [0, 0.1) is 0 Å². The Morgan fingerprint density at radius 3 is 2.43 bits per heavy atom. The molecule has 3 rings (SSSR count). The number of benzene rings is 3. The summed E-state index contributed by atoms with van der Waals surface area (Å²) in [5, 5.41) is 9.56. The van der Waals surface area contributed by atoms with Crippen molar-refractivity contribution in [1.29, 1.82) is 0 Å². The highest BCUT2D eigenvalue weighted by Crippen LogP contribution is 2.24. The number of carbonyl (C=O) groups is 2. The fourth-order valence-corrected chi connectivity index (χ4v) is 2.93. The van der Waals surface area contributed by atoms with Gasteiger partial charge in [-0.2, -0.15) is 0 Å². The van der Waals surface area contributed by atoms with E-state index in [1.165, 1.54) is 12.2 Å². The minimum atomic E-state index is -1.06. The molecule has 0 saturated heterocycles. The van der Waals surface area contributed by atoms with Gasteiger partial charge in [-0.3, -0.25) is 4.79 Å². The minimum absolute atomic E-state index is 0.122. The number of carboxylic acids is 1. The average Bonchev–Trinajstić information content (AvgIpc) is 2.74. The smallest absolute Gasteiger partial charge is 0.336 e. The van der Waals surface area contributed by atoms with E-state index >= 15 is 0 Å². The van der Waals surface area contributed by atoms with Gasteiger partial charge in [0.15, 0.2) is 5.78 Å². The molecule has 0 heterocycles. The lowest BCUT2D eigenvalue weighted by atomic mass is 10.0. The summed E-state index contributed by atoms with van der Waals surface area (Å²) >= 11 is 0. The zero-order chi connectivity index (χ0) is 21.5. The maximum Gasteiger partial charge on any atom is 0.336 e. The van der Waals surface area contributed by atoms with Gasteiger partial charge in [0, 0.05) is 17.7 Å². The molecule has 0 amide bonds. The Morgan fingerprint density at radius 1 is 0.967 bits per heavy atom. The Balaban J connectivity index is 1.69. The van der Waals surface area contributed by atoms with Crippen molar-refractivity contribution in [3.05, 3.63) is 95.1 Å². The molecule has 0 aliphatic carbocycles. The monoisotopic (exact) mass is 402 g/mol. The number of hydrogen-bond donors (Lipinski definition) is 3. The predicted octanol–water partition coefficient (Wildman–Crippen LogP) is 4.07. The van der Waals surface area contributed by atoms with Gasteiger partial charge in [-0.25, -0.2) is 4.79 Å². The van der Waals surface area contributed by atoms with Crippen molar-refractivity contribution < 1.29 is 19.4 Å². The third-order valence-corrected chi connectivity index (χ3v) is 4.50. The van der Waals surface area contributed by atoms with E-state index < -0.39 is 5.97 Å². The highest BCUT2D eigenvalue weighted by atomic mass is 16.5. The van der Waals surface area contributed by atoms with Crippen molar-refractivity contribution in [2.75, 3.05) is 18.1 Å². The van der Waals surface area contributed by atoms with Crippen LogP contribution >= 0.6 is 0 Å². The van der Waals surface area contributed by atoms with Crippen LogP contribution in [0.4, 0.5) is 11.4 Å². The molecule has 0 bridgehead atoms. The van der Waals surface area contributed by atoms with Crippen molar-refractivity contribution in [3.8, 4) is 5.75 Å². The van der Waals surface area contributed by atoms with Crippen molar-refractivity contribution in [2.24, 2.45) is 0 Å². The number of anilines is 2. The lowest BCUT2D eigenvalue weighted by molar-refractivity contribution is 0.0696. The van der Waals surface area contributed by atoms with E-state index in [1.54, 1.807) is 54.6 Å². The lowest BCUT2D eigenvalue weighted by Crippen LogP contribution is -2.06. The molecular formula is C24H22N2O4. The Kier molecular flexibility index (Phi) is 6.49. The molecule has 5 N–H and O–H groups in total. The maximum atomic E-state index is 12.2. The first-order chi connectivity index (χ1) is 14.4. The Bertz CT molecular complexity index is 1090. The van der Waals surface area contributed by atoms with Gasteiger partial charge in [0.1, 0.15) is 5.75 Å². The minimum Gasteiger partial charge on any atom is -0.491 e. The van der Waals surface area contributed by atoms with Gasteiger partial charge in [0.2, 0.25) is 0 Å². The molecule has 0 atom stereocenters. The van der Waals surface area contributed by atoms with E-state index in [0.717, 1.165) is 5.56 Å². The van der Waals surface area contributed by atoms with Gasteiger partial charge < -0.3 is 21.3 Å². The number of carboxylic acid groups (broad SMARTS) is 1. The number of hydrogen-bond acceptors (Lipinski definition) is 5. The first-order valence-corrected chi connectivity index (χ1v) is 9.35. The van der Waals surface area contributed by atoms with Gasteiger partial charge in [0.25, 0.3) is 0 Å². The fourth-order valence-electron chi connectivity index (χ4n) is 2.93. The Morgan fingerprint density at radius 2 is 1.73 bits per heavy atom. The third-order valence-electron chi connectivity index (χ3n) is 4.50. The standard InChI is InChI=1S/C24H22N2O4/c25-19-9-11-23(21(26)15-19)30-13-12-16-6-7-17(20(14-16)24(28)29)8-10-22(27)18-4-2-1-3-5-18/h1-11,14-15H,12-13,25-26H2,(H,28,29). The SMILES string of the molecule is Nc1ccc(OCCc2ccc(C=CC(=O)c3ccccc3)c(C(=O)O)c2)c(N)c1. The van der Waals surface area contributed by atoms with Crippen LogP contribution < -0.4 is 16.2 Å². The summed E-state index contributed by atoms with van der Waals surface area (Å²) in [6.07, 6.45) is 3.40. The van der Waals surface area contributed by atoms with E-state index in [4.69, 9.17) is 16.2 Å². The molecule has 0 saturated carbocycles. The van der Waals surface area contributed by atoms with Crippen molar-refractivity contribution >= 4 is 29.2 Å². The van der Waals surface area contributed by atoms with Crippen LogP contribution in [0.1, 0.15) is 31.8 Å². The summed E-state index contributed by atoms with van der Waals surface area (Å²) in [4.78, 5) is 23.9. The predicted molar refractivity (Wildman–Crippen MR) is 118 cm³/mol. The van der Waals surface area contributed by atoms with Crippen molar-refractivity contribution in [1.82, 2.24) is 0 Å². The zero-order valence-corrected chi connectivity index (χ0v) is 16.2. The molecule has 0 fully saturated rings. The van der Waals surface area contributed by atoms with Crippen LogP contribution in [0.15, 0.2) is 72.8 Å². The van der Waals surface area contributed by atoms with Crippen LogP contribution in [-0.2, 0) is 6.42 Å². The summed E-state index contributed by atoms with van der Waals surface area (Å²) in [6, 6.07) is 18.9. The maximum absolute atomic E-state index is 12.2. The second kappa shape index (κ2) is 9.43. The summed E-state index contributed by atoms with van der Waals surface area (Å²) in [5.74, 6) is -0.723. The second-order valence-electron chi connectivity index (χ2n) is 6.69. The average molecular weight is 402 g/mol. The number of ether oxygens (including phenoxy) is 1. The van der Waals surface area contributed by atoms with E-state index in [-0.39, 0.29) is 11.3 Å². The summed E-state index contributed by atoms with van der Waals surface area (Å²) in [6.45, 7) is 0.328. The first kappa shape index (κ1) is 20.7. The molecule has 0 aliphatic heterocycles. The number of rotatable bonds is 8. The fraction of sp³-hybridized carbons (Fsp3) is 0.0833. The highest BCUT2D eigenvalue weighted by molar-refractivity contribution is 6.07. The van der Waals surface area contributed by atoms with Gasteiger partial charge in [-0.1, -0.05) is 48.5 Å². The van der Waals surface area contributed by atoms with Gasteiger partial charge in [0.05, 0.1) is 17.9 Å². The Labute approximate surface area is 174 Å². The molecule has 3 aromatic rings. The molecule has 0 unspecified atom stereocenters. The lowest BCUT2D eigenvalue weighted by Gasteiger charge is -2.10. The highest BCUT2D eigenvalue weighted by Gasteiger charge is 2.10. The van der Waals surface area contributed by atoms with E-state index in [2.05, 4.69) is 0 Å². The van der Waals surface area contributed by atoms with Crippen LogP contribution in [0.3, 0.4) is 0 Å². The molecule has 6 nitrogen and oxygen atoms in total. The van der Waals surface area contributed by atoms with E-state index in [0.29, 0.717) is 41.3 Å². The quantitative estimate of drug-likeness (QED) is 0.297. The van der Waals surface area contributed by atoms with Crippen LogP contribution in [-0.4, -0.2) is 23.5 Å². The molecule has 0 spiro atoms. The first-order valence-electron chi connectivity index (χ1n) is 9.35. The number of carbonyl (C=O) groups excluding carboxylic acids is 1. The molecule has 0 radical (unpaired) electrons. The van der Waals surface area contributed by atoms with Crippen LogP contribution in [0.5, 0.6) is 5.75 Å². The van der Waals surface area contributed by atoms with Gasteiger partial charge >= 0.3 is 5.97 Å². The van der Waals surface area contributed by atoms with Crippen LogP contribution in [0.25, 0.3) is 6.08 Å². The van der Waals surface area contributed by atoms with Gasteiger partial charge in [-0.15, -0.1) is 0 Å². The molecule has 0 aliphatic rings. The number of aromatic carboxylic acids is 1. The molecule has 152 valence electrons. The largest absolute Gasteiger partial charge is 0.491 e. The van der Waals surface area contributed by atoms with Crippen LogP contribution in [0.2, 0.25) is 0 Å². The van der Waals surface area contributed by atoms with Crippen molar-refractivity contribution in [3.63, 3.8) is 0 Å². The number of nitrogens with two attached hydrogens (primary N) is 2. The molecule has 30 heavy (non-hydrogen) atoms. The van der Waals surface area contributed by atoms with Crippen molar-refractivity contribution in [2.45, 2.75) is 6.42 Å². The second-order valence-corrected chi connectivity index (χ2v) is 6.69. The summed E-state index contributed by atoms with van der Waals surface area (Å²) < 4.78 is 5.67. The number of allylic oxidation sites excluding steroid dienone is 1. The summed E-state index contributed by atoms with van der Waals surface area (Å²) in [7, 11) is 0. The molecule has 0 aromatic heterocycles. The number of ketones is 1. The normalized spacial score (nSPS) is 10.8. The van der Waals surface area contributed by atoms with E-state index in [9.17, 15) is 14.7 Å². The summed E-state index contributed by atoms with van der Waals surface area (Å²) in [5.41, 5.74) is 14.5. The van der Waals surface area contributed by atoms with Gasteiger partial charge in [-0.05, 0) is 41.5 Å². The molecule has 6 heteroatoms. The number of nitrogen functional groups attached to an aromatic ring is 2. The Hall–Kier alpha value is -4.06. The molecular weight excluding hydrogens is 380 g/mol. The van der Waals surface area contributed by atoms with E-state index in [1.807, 2.05) is 12.1 Å². The zero-order valence-electron chi connectivity index (χ0n) is 16.2. The molecule has 3 aromatic carbocycles. The third kappa shape index (κ3) is 5.26. The topological polar surface area (TPSA) is 116 Å².